The summed E-state index contributed by atoms with van der Waals surface area (Å²) in [6, 6.07) is 15.1. The summed E-state index contributed by atoms with van der Waals surface area (Å²) in [4.78, 5) is 29.8. The molecule has 1 aromatic heterocycles. The molecule has 0 spiro atoms. The van der Waals surface area contributed by atoms with E-state index < -0.39 is 0 Å². The van der Waals surface area contributed by atoms with Crippen molar-refractivity contribution < 1.29 is 18.7 Å². The Labute approximate surface area is 176 Å². The Morgan fingerprint density at radius 2 is 1.93 bits per heavy atom. The molecule has 0 radical (unpaired) electrons. The van der Waals surface area contributed by atoms with Crippen LogP contribution in [0.4, 0.5) is 0 Å². The Bertz CT molecular complexity index is 1040. The second kappa shape index (κ2) is 8.61. The summed E-state index contributed by atoms with van der Waals surface area (Å²) in [6.07, 6.45) is 3.20. The fraction of sp³-hybridized carbons (Fsp3) is 0.333. The molecule has 1 aliphatic heterocycles. The normalized spacial score (nSPS) is 16.5. The first kappa shape index (κ1) is 20.0. The van der Waals surface area contributed by atoms with Gasteiger partial charge < -0.3 is 19.0 Å². The van der Waals surface area contributed by atoms with Gasteiger partial charge in [0, 0.05) is 31.1 Å². The molecular weight excluding hydrogens is 380 g/mol. The highest BCUT2D eigenvalue weighted by Gasteiger charge is 2.31. The van der Waals surface area contributed by atoms with Gasteiger partial charge in [0.25, 0.3) is 5.91 Å². The smallest absolute Gasteiger partial charge is 0.254 e. The summed E-state index contributed by atoms with van der Waals surface area (Å²) in [5, 5.41) is 1.78. The quantitative estimate of drug-likeness (QED) is 0.644. The molecule has 1 saturated heterocycles. The molecule has 0 N–H and O–H groups in total. The predicted octanol–water partition coefficient (Wildman–Crippen LogP) is 3.95. The zero-order chi connectivity index (χ0) is 21.1. The summed E-state index contributed by atoms with van der Waals surface area (Å²) in [5.74, 6) is 1.29. The van der Waals surface area contributed by atoms with E-state index in [1.165, 1.54) is 0 Å². The molecule has 0 saturated carbocycles. The Kier molecular flexibility index (Phi) is 5.74. The van der Waals surface area contributed by atoms with Crippen LogP contribution in [0.15, 0.2) is 59.2 Å². The zero-order valence-electron chi connectivity index (χ0n) is 17.3. The Hall–Kier alpha value is -3.28. The van der Waals surface area contributed by atoms with Crippen LogP contribution in [0.25, 0.3) is 10.8 Å². The van der Waals surface area contributed by atoms with Gasteiger partial charge in [0.05, 0.1) is 25.8 Å². The molecule has 2 heterocycles. The summed E-state index contributed by atoms with van der Waals surface area (Å²) >= 11 is 0. The number of carbonyl (C=O) groups is 2. The van der Waals surface area contributed by atoms with Crippen LogP contribution in [0.3, 0.4) is 0 Å². The van der Waals surface area contributed by atoms with Gasteiger partial charge in [0.15, 0.2) is 0 Å². The van der Waals surface area contributed by atoms with E-state index in [9.17, 15) is 9.59 Å². The maximum absolute atomic E-state index is 13.4. The Morgan fingerprint density at radius 3 is 2.67 bits per heavy atom. The number of benzene rings is 2. The zero-order valence-corrected chi connectivity index (χ0v) is 17.3. The van der Waals surface area contributed by atoms with Crippen LogP contribution in [-0.2, 0) is 11.3 Å². The second-order valence-corrected chi connectivity index (χ2v) is 7.72. The Morgan fingerprint density at radius 1 is 1.13 bits per heavy atom. The average molecular weight is 406 g/mol. The maximum atomic E-state index is 13.4. The van der Waals surface area contributed by atoms with Crippen molar-refractivity contribution in [1.82, 2.24) is 9.80 Å². The average Bonchev–Trinajstić information content (AvgIpc) is 3.30. The topological polar surface area (TPSA) is 63.0 Å². The van der Waals surface area contributed by atoms with Gasteiger partial charge >= 0.3 is 0 Å². The minimum atomic E-state index is -0.202. The number of likely N-dealkylation sites (tertiary alicyclic amines) is 1. The summed E-state index contributed by atoms with van der Waals surface area (Å²) in [7, 11) is 3.41. The fourth-order valence-corrected chi connectivity index (χ4v) is 4.20. The van der Waals surface area contributed by atoms with E-state index in [-0.39, 0.29) is 17.7 Å². The number of amides is 2. The summed E-state index contributed by atoms with van der Waals surface area (Å²) in [6.45, 7) is 1.52. The molecule has 0 aliphatic carbocycles. The first-order chi connectivity index (χ1) is 14.6. The first-order valence-corrected chi connectivity index (χ1v) is 10.2. The minimum Gasteiger partial charge on any atom is -0.496 e. The number of piperidine rings is 1. The number of carbonyl (C=O) groups excluding carboxylic acids is 2. The van der Waals surface area contributed by atoms with E-state index in [1.807, 2.05) is 48.5 Å². The molecule has 30 heavy (non-hydrogen) atoms. The number of nitrogens with zero attached hydrogens (tertiary/aromatic N) is 2. The van der Waals surface area contributed by atoms with Crippen LogP contribution >= 0.6 is 0 Å². The van der Waals surface area contributed by atoms with Crippen molar-refractivity contribution >= 4 is 22.6 Å². The van der Waals surface area contributed by atoms with Gasteiger partial charge in [-0.2, -0.15) is 0 Å². The SMILES string of the molecule is COc1ccc(C(=O)N2CCC[C@@H](C(=O)N(C)Cc3ccco3)C2)c2ccccc12. The number of hydrogen-bond donors (Lipinski definition) is 0. The van der Waals surface area contributed by atoms with Crippen LogP contribution in [0, 0.1) is 5.92 Å². The van der Waals surface area contributed by atoms with Crippen LogP contribution in [0.2, 0.25) is 0 Å². The molecule has 1 atom stereocenters. The molecular formula is C24H26N2O4. The van der Waals surface area contributed by atoms with Crippen molar-refractivity contribution in [2.24, 2.45) is 5.92 Å². The van der Waals surface area contributed by atoms with E-state index in [1.54, 1.807) is 30.2 Å². The molecule has 1 aliphatic rings. The fourth-order valence-electron chi connectivity index (χ4n) is 4.20. The molecule has 0 unspecified atom stereocenters. The van der Waals surface area contributed by atoms with Crippen LogP contribution in [0.5, 0.6) is 5.75 Å². The number of furan rings is 1. The highest BCUT2D eigenvalue weighted by atomic mass is 16.5. The van der Waals surface area contributed by atoms with Crippen LogP contribution in [0.1, 0.15) is 29.0 Å². The van der Waals surface area contributed by atoms with E-state index in [0.717, 1.165) is 35.1 Å². The van der Waals surface area contributed by atoms with E-state index in [4.69, 9.17) is 9.15 Å². The van der Waals surface area contributed by atoms with Crippen molar-refractivity contribution in [3.8, 4) is 5.75 Å². The lowest BCUT2D eigenvalue weighted by molar-refractivity contribution is -0.136. The van der Waals surface area contributed by atoms with Gasteiger partial charge in [0.1, 0.15) is 11.5 Å². The number of rotatable bonds is 5. The third-order valence-corrected chi connectivity index (χ3v) is 5.74. The molecule has 3 aromatic rings. The van der Waals surface area contributed by atoms with Crippen molar-refractivity contribution in [3.05, 3.63) is 66.1 Å². The van der Waals surface area contributed by atoms with Crippen LogP contribution < -0.4 is 4.74 Å². The van der Waals surface area contributed by atoms with Crippen molar-refractivity contribution in [2.45, 2.75) is 19.4 Å². The molecule has 6 heteroatoms. The molecule has 1 fully saturated rings. The predicted molar refractivity (Wildman–Crippen MR) is 114 cm³/mol. The van der Waals surface area contributed by atoms with Gasteiger partial charge in [-0.05, 0) is 42.5 Å². The number of hydrogen-bond acceptors (Lipinski definition) is 4. The van der Waals surface area contributed by atoms with Crippen molar-refractivity contribution in [1.29, 1.82) is 0 Å². The van der Waals surface area contributed by atoms with Gasteiger partial charge in [-0.25, -0.2) is 0 Å². The van der Waals surface area contributed by atoms with Gasteiger partial charge in [-0.1, -0.05) is 24.3 Å². The lowest BCUT2D eigenvalue weighted by Gasteiger charge is -2.34. The third-order valence-electron chi connectivity index (χ3n) is 5.74. The minimum absolute atomic E-state index is 0.0416. The molecule has 2 aromatic carbocycles. The standard InChI is InChI=1S/C24H26N2O4/c1-25(16-18-8-6-14-30-18)23(27)17-7-5-13-26(15-17)24(28)21-11-12-22(29-2)20-10-4-3-9-19(20)21/h3-4,6,8-12,14,17H,5,7,13,15-16H2,1-2H3/t17-/m1/s1. The number of methoxy groups -OCH3 is 1. The van der Waals surface area contributed by atoms with Crippen molar-refractivity contribution in [2.75, 3.05) is 27.2 Å². The first-order valence-electron chi connectivity index (χ1n) is 10.2. The lowest BCUT2D eigenvalue weighted by atomic mass is 9.95. The molecule has 4 rings (SSSR count). The van der Waals surface area contributed by atoms with Crippen LogP contribution in [-0.4, -0.2) is 48.9 Å². The molecule has 6 nitrogen and oxygen atoms in total. The largest absolute Gasteiger partial charge is 0.496 e. The van der Waals surface area contributed by atoms with E-state index >= 15 is 0 Å². The summed E-state index contributed by atoms with van der Waals surface area (Å²) in [5.41, 5.74) is 0.642. The van der Waals surface area contributed by atoms with E-state index in [0.29, 0.717) is 25.2 Å². The molecule has 0 bridgehead atoms. The summed E-state index contributed by atoms with van der Waals surface area (Å²) < 4.78 is 10.8. The highest BCUT2D eigenvalue weighted by molar-refractivity contribution is 6.08. The van der Waals surface area contributed by atoms with E-state index in [2.05, 4.69) is 0 Å². The third kappa shape index (κ3) is 3.90. The van der Waals surface area contributed by atoms with Gasteiger partial charge in [0.2, 0.25) is 5.91 Å². The van der Waals surface area contributed by atoms with Gasteiger partial charge in [-0.3, -0.25) is 9.59 Å². The number of ether oxygens (including phenoxy) is 1. The van der Waals surface area contributed by atoms with Gasteiger partial charge in [-0.15, -0.1) is 0 Å². The highest BCUT2D eigenvalue weighted by Crippen LogP contribution is 2.30. The monoisotopic (exact) mass is 406 g/mol. The molecule has 156 valence electrons. The number of fused-ring (bicyclic) bond motifs is 1. The maximum Gasteiger partial charge on any atom is 0.254 e. The molecule has 2 amide bonds. The second-order valence-electron chi connectivity index (χ2n) is 7.72. The Balaban J connectivity index is 1.51. The lowest BCUT2D eigenvalue weighted by Crippen LogP contribution is -2.45. The van der Waals surface area contributed by atoms with Crippen molar-refractivity contribution in [3.63, 3.8) is 0 Å².